The molecule has 2 unspecified atom stereocenters. The summed E-state index contributed by atoms with van der Waals surface area (Å²) in [7, 11) is 2.92. The number of pyridine rings is 1. The van der Waals surface area contributed by atoms with Gasteiger partial charge in [0.05, 0.1) is 12.8 Å². The van der Waals surface area contributed by atoms with Gasteiger partial charge in [0.15, 0.2) is 11.7 Å². The minimum absolute atomic E-state index is 0.339. The monoisotopic (exact) mass is 300 g/mol. The highest BCUT2D eigenvalue weighted by atomic mass is 16.5. The predicted octanol–water partition coefficient (Wildman–Crippen LogP) is 1.29. The molecule has 1 amide bonds. The van der Waals surface area contributed by atoms with Gasteiger partial charge >= 0.3 is 0 Å². The van der Waals surface area contributed by atoms with Crippen LogP contribution in [-0.2, 0) is 15.1 Å². The smallest absolute Gasteiger partial charge is 0.257 e. The van der Waals surface area contributed by atoms with Crippen molar-refractivity contribution in [3.8, 4) is 5.75 Å². The van der Waals surface area contributed by atoms with Crippen molar-refractivity contribution in [3.63, 3.8) is 0 Å². The molecular weight excluding hydrogens is 284 g/mol. The highest BCUT2D eigenvalue weighted by Gasteiger charge is 2.50. The third kappa shape index (κ3) is 2.04. The highest BCUT2D eigenvalue weighted by Crippen LogP contribution is 2.42. The average molecular weight is 300 g/mol. The second-order valence-electron chi connectivity index (χ2n) is 5.00. The molecule has 1 aromatic heterocycles. The Morgan fingerprint density at radius 3 is 2.73 bits per heavy atom. The molecule has 0 fully saturated rings. The van der Waals surface area contributed by atoms with E-state index >= 15 is 0 Å². The molecule has 0 radical (unpaired) electrons. The number of ether oxygens (including phenoxy) is 2. The van der Waals surface area contributed by atoms with Crippen LogP contribution >= 0.6 is 0 Å². The van der Waals surface area contributed by atoms with E-state index in [0.29, 0.717) is 22.7 Å². The number of aliphatic hydroxyl groups is 1. The van der Waals surface area contributed by atoms with Gasteiger partial charge in [-0.05, 0) is 30.3 Å². The number of rotatable bonds is 3. The summed E-state index contributed by atoms with van der Waals surface area (Å²) in [6, 6.07) is 10.2. The van der Waals surface area contributed by atoms with Crippen molar-refractivity contribution in [2.24, 2.45) is 0 Å². The fourth-order valence-corrected chi connectivity index (χ4v) is 2.74. The third-order valence-electron chi connectivity index (χ3n) is 3.80. The molecule has 0 saturated carbocycles. The largest absolute Gasteiger partial charge is 0.497 e. The van der Waals surface area contributed by atoms with Crippen LogP contribution in [0.25, 0.3) is 0 Å². The first-order valence-electron chi connectivity index (χ1n) is 6.77. The molecule has 22 heavy (non-hydrogen) atoms. The Bertz CT molecular complexity index is 705. The van der Waals surface area contributed by atoms with Gasteiger partial charge in [-0.25, -0.2) is 0 Å². The molecule has 2 heterocycles. The van der Waals surface area contributed by atoms with E-state index < -0.39 is 17.6 Å². The Hall–Kier alpha value is -2.44. The topological polar surface area (TPSA) is 80.7 Å². The standard InChI is InChI=1S/C16H16N2O4/c1-21-10-6-7-12-11(9-10)16(20,13-5-3-4-8-17-13)14(22-2)15(19)18-12/h3-9,14,20H,1-2H3,(H,18,19). The highest BCUT2D eigenvalue weighted by molar-refractivity contribution is 5.99. The molecule has 2 N–H and O–H groups in total. The third-order valence-corrected chi connectivity index (χ3v) is 3.80. The molecule has 0 saturated heterocycles. The first-order chi connectivity index (χ1) is 10.6. The molecule has 2 atom stereocenters. The Kier molecular flexibility index (Phi) is 3.56. The van der Waals surface area contributed by atoms with Gasteiger partial charge in [-0.3, -0.25) is 9.78 Å². The number of fused-ring (bicyclic) bond motifs is 1. The van der Waals surface area contributed by atoms with Gasteiger partial charge in [0.2, 0.25) is 0 Å². The molecule has 6 nitrogen and oxygen atoms in total. The van der Waals surface area contributed by atoms with E-state index in [1.54, 1.807) is 42.6 Å². The number of methoxy groups -OCH3 is 2. The lowest BCUT2D eigenvalue weighted by Crippen LogP contribution is -2.53. The SMILES string of the molecule is COc1ccc2c(c1)C(O)(c1ccccn1)C(OC)C(=O)N2. The van der Waals surface area contributed by atoms with Crippen LogP contribution in [0.5, 0.6) is 5.75 Å². The van der Waals surface area contributed by atoms with Crippen LogP contribution in [0.3, 0.4) is 0 Å². The van der Waals surface area contributed by atoms with Crippen molar-refractivity contribution in [1.29, 1.82) is 0 Å². The van der Waals surface area contributed by atoms with Crippen LogP contribution < -0.4 is 10.1 Å². The molecule has 0 bridgehead atoms. The maximum absolute atomic E-state index is 12.3. The van der Waals surface area contributed by atoms with E-state index in [0.717, 1.165) is 0 Å². The molecule has 1 aliphatic rings. The number of anilines is 1. The van der Waals surface area contributed by atoms with E-state index in [4.69, 9.17) is 9.47 Å². The van der Waals surface area contributed by atoms with Crippen molar-refractivity contribution in [3.05, 3.63) is 53.9 Å². The zero-order chi connectivity index (χ0) is 15.7. The van der Waals surface area contributed by atoms with Crippen molar-refractivity contribution >= 4 is 11.6 Å². The predicted molar refractivity (Wildman–Crippen MR) is 79.7 cm³/mol. The lowest BCUT2D eigenvalue weighted by atomic mass is 9.80. The Balaban J connectivity index is 2.27. The van der Waals surface area contributed by atoms with Crippen molar-refractivity contribution in [2.75, 3.05) is 19.5 Å². The van der Waals surface area contributed by atoms with Crippen LogP contribution in [0.15, 0.2) is 42.6 Å². The number of amides is 1. The second-order valence-corrected chi connectivity index (χ2v) is 5.00. The summed E-state index contributed by atoms with van der Waals surface area (Å²) >= 11 is 0. The van der Waals surface area contributed by atoms with Gasteiger partial charge in [0.25, 0.3) is 5.91 Å². The molecule has 114 valence electrons. The summed E-state index contributed by atoms with van der Waals surface area (Å²) < 4.78 is 10.5. The maximum atomic E-state index is 12.3. The number of aromatic nitrogens is 1. The quantitative estimate of drug-likeness (QED) is 0.893. The van der Waals surface area contributed by atoms with E-state index in [1.165, 1.54) is 14.2 Å². The zero-order valence-electron chi connectivity index (χ0n) is 12.2. The molecule has 2 aromatic rings. The molecule has 1 aliphatic heterocycles. The summed E-state index contributed by atoms with van der Waals surface area (Å²) in [4.78, 5) is 16.5. The molecule has 6 heteroatoms. The molecule has 0 aliphatic carbocycles. The van der Waals surface area contributed by atoms with Crippen molar-refractivity contribution in [1.82, 2.24) is 4.98 Å². The van der Waals surface area contributed by atoms with Crippen molar-refractivity contribution in [2.45, 2.75) is 11.7 Å². The van der Waals surface area contributed by atoms with Crippen LogP contribution in [-0.4, -0.2) is 36.3 Å². The number of benzene rings is 1. The lowest BCUT2D eigenvalue weighted by molar-refractivity contribution is -0.142. The summed E-state index contributed by atoms with van der Waals surface area (Å²) in [5.74, 6) is 0.146. The minimum Gasteiger partial charge on any atom is -0.497 e. The molecule has 3 rings (SSSR count). The first-order valence-corrected chi connectivity index (χ1v) is 6.77. The summed E-state index contributed by atoms with van der Waals surface area (Å²) in [5.41, 5.74) is -0.363. The number of carbonyl (C=O) groups is 1. The number of nitrogens with one attached hydrogen (secondary N) is 1. The van der Waals surface area contributed by atoms with Crippen molar-refractivity contribution < 1.29 is 19.4 Å². The Morgan fingerprint density at radius 1 is 1.27 bits per heavy atom. The van der Waals surface area contributed by atoms with Gasteiger partial charge < -0.3 is 19.9 Å². The molecular formula is C16H16N2O4. The minimum atomic E-state index is -1.69. The van der Waals surface area contributed by atoms with E-state index in [1.807, 2.05) is 0 Å². The zero-order valence-corrected chi connectivity index (χ0v) is 12.2. The van der Waals surface area contributed by atoms with Gasteiger partial charge in [-0.1, -0.05) is 6.07 Å². The first kappa shape index (κ1) is 14.5. The van der Waals surface area contributed by atoms with E-state index in [9.17, 15) is 9.90 Å². The van der Waals surface area contributed by atoms with E-state index in [-0.39, 0.29) is 0 Å². The number of carbonyl (C=O) groups excluding carboxylic acids is 1. The Morgan fingerprint density at radius 2 is 2.09 bits per heavy atom. The van der Waals surface area contributed by atoms with Crippen LogP contribution in [0, 0.1) is 0 Å². The van der Waals surface area contributed by atoms with Gasteiger partial charge in [-0.2, -0.15) is 0 Å². The molecule has 1 aromatic carbocycles. The fourth-order valence-electron chi connectivity index (χ4n) is 2.74. The Labute approximate surface area is 127 Å². The summed E-state index contributed by atoms with van der Waals surface area (Å²) in [6.45, 7) is 0. The van der Waals surface area contributed by atoms with Gasteiger partial charge in [0, 0.05) is 24.6 Å². The van der Waals surface area contributed by atoms with Crippen LogP contribution in [0.2, 0.25) is 0 Å². The number of hydrogen-bond donors (Lipinski definition) is 2. The average Bonchev–Trinajstić information content (AvgIpc) is 2.55. The fraction of sp³-hybridized carbons (Fsp3) is 0.250. The lowest BCUT2D eigenvalue weighted by Gasteiger charge is -2.39. The van der Waals surface area contributed by atoms with Gasteiger partial charge in [0.1, 0.15) is 5.75 Å². The summed E-state index contributed by atoms with van der Waals surface area (Å²) in [6.07, 6.45) is 0.453. The van der Waals surface area contributed by atoms with Crippen LogP contribution in [0.1, 0.15) is 11.3 Å². The van der Waals surface area contributed by atoms with Crippen LogP contribution in [0.4, 0.5) is 5.69 Å². The van der Waals surface area contributed by atoms with Gasteiger partial charge in [-0.15, -0.1) is 0 Å². The second kappa shape index (κ2) is 5.40. The number of nitrogens with zero attached hydrogens (tertiary/aromatic N) is 1. The normalized spacial score (nSPS) is 23.6. The number of hydrogen-bond acceptors (Lipinski definition) is 5. The summed E-state index contributed by atoms with van der Waals surface area (Å²) in [5, 5.41) is 14.1. The molecule has 0 spiro atoms. The maximum Gasteiger partial charge on any atom is 0.257 e. The van der Waals surface area contributed by atoms with E-state index in [2.05, 4.69) is 10.3 Å².